The first-order chi connectivity index (χ1) is 7.95. The van der Waals surface area contributed by atoms with Crippen LogP contribution in [0.2, 0.25) is 0 Å². The van der Waals surface area contributed by atoms with Crippen LogP contribution in [0.3, 0.4) is 0 Å². The highest BCUT2D eigenvalue weighted by Gasteiger charge is 2.27. The van der Waals surface area contributed by atoms with Gasteiger partial charge in [-0.1, -0.05) is 0 Å². The summed E-state index contributed by atoms with van der Waals surface area (Å²) in [5, 5.41) is 12.4. The lowest BCUT2D eigenvalue weighted by Crippen LogP contribution is -2.45. The summed E-state index contributed by atoms with van der Waals surface area (Å²) in [7, 11) is 0. The standard InChI is InChI=1S/C7H9N5O4S/c8-7-10-2(1-17-7)3(6(15)16)11-4(13)5(14)12-9/h1,3H,9H2,(H2,8,10)(H,11,13)(H,12,14)(H,15,16). The molecule has 0 aliphatic carbocycles. The maximum absolute atomic E-state index is 11.1. The molecule has 0 fully saturated rings. The molecule has 2 amide bonds. The Labute approximate surface area is 98.8 Å². The van der Waals surface area contributed by atoms with E-state index in [0.29, 0.717) is 0 Å². The zero-order valence-electron chi connectivity index (χ0n) is 8.34. The van der Waals surface area contributed by atoms with E-state index in [4.69, 9.17) is 16.7 Å². The number of hydrogen-bond donors (Lipinski definition) is 5. The predicted molar refractivity (Wildman–Crippen MR) is 57.4 cm³/mol. The molecule has 0 bridgehead atoms. The number of carbonyl (C=O) groups is 3. The molecule has 17 heavy (non-hydrogen) atoms. The molecule has 1 aromatic heterocycles. The molecular weight excluding hydrogens is 250 g/mol. The smallest absolute Gasteiger partial charge is 0.332 e. The first-order valence-corrected chi connectivity index (χ1v) is 5.08. The highest BCUT2D eigenvalue weighted by atomic mass is 32.1. The zero-order chi connectivity index (χ0) is 13.0. The number of hydrazine groups is 1. The molecule has 0 aromatic carbocycles. The number of nitrogens with one attached hydrogen (secondary N) is 2. The van der Waals surface area contributed by atoms with Crippen LogP contribution in [-0.2, 0) is 14.4 Å². The van der Waals surface area contributed by atoms with Crippen molar-refractivity contribution in [1.82, 2.24) is 15.7 Å². The molecule has 7 N–H and O–H groups in total. The molecule has 1 aromatic rings. The molecule has 10 heteroatoms. The minimum Gasteiger partial charge on any atom is -0.479 e. The van der Waals surface area contributed by atoms with Gasteiger partial charge in [0.05, 0.1) is 5.69 Å². The normalized spacial score (nSPS) is 11.6. The van der Waals surface area contributed by atoms with E-state index in [9.17, 15) is 14.4 Å². The van der Waals surface area contributed by atoms with Crippen LogP contribution in [0.5, 0.6) is 0 Å². The van der Waals surface area contributed by atoms with E-state index in [1.54, 1.807) is 5.43 Å². The second kappa shape index (κ2) is 5.23. The topological polar surface area (TPSA) is 160 Å². The largest absolute Gasteiger partial charge is 0.479 e. The van der Waals surface area contributed by atoms with Crippen molar-refractivity contribution < 1.29 is 19.5 Å². The Bertz CT molecular complexity index is 459. The average molecular weight is 259 g/mol. The highest BCUT2D eigenvalue weighted by Crippen LogP contribution is 2.18. The van der Waals surface area contributed by atoms with Crippen LogP contribution in [-0.4, -0.2) is 27.9 Å². The number of hydrogen-bond acceptors (Lipinski definition) is 7. The Balaban J connectivity index is 2.85. The Morgan fingerprint density at radius 2 is 2.06 bits per heavy atom. The number of nitrogens with zero attached hydrogens (tertiary/aromatic N) is 1. The van der Waals surface area contributed by atoms with Crippen LogP contribution < -0.4 is 22.3 Å². The van der Waals surface area contributed by atoms with Gasteiger partial charge >= 0.3 is 17.8 Å². The number of carboxylic acid groups (broad SMARTS) is 1. The number of aromatic nitrogens is 1. The summed E-state index contributed by atoms with van der Waals surface area (Å²) in [6, 6.07) is -1.45. The van der Waals surface area contributed by atoms with E-state index in [0.717, 1.165) is 11.3 Å². The lowest BCUT2D eigenvalue weighted by atomic mass is 10.2. The summed E-state index contributed by atoms with van der Waals surface area (Å²) < 4.78 is 0. The Kier molecular flexibility index (Phi) is 3.96. The second-order valence-corrected chi connectivity index (χ2v) is 3.72. The number of rotatable bonds is 3. The van der Waals surface area contributed by atoms with Gasteiger partial charge in [0.1, 0.15) is 0 Å². The summed E-state index contributed by atoms with van der Waals surface area (Å²) in [6.07, 6.45) is 0. The molecule has 0 saturated carbocycles. The fourth-order valence-corrected chi connectivity index (χ4v) is 1.55. The zero-order valence-corrected chi connectivity index (χ0v) is 9.15. The van der Waals surface area contributed by atoms with Crippen LogP contribution in [0.4, 0.5) is 5.13 Å². The molecule has 9 nitrogen and oxygen atoms in total. The van der Waals surface area contributed by atoms with E-state index in [1.165, 1.54) is 5.38 Å². The third kappa shape index (κ3) is 3.12. The van der Waals surface area contributed by atoms with Gasteiger partial charge in [-0.2, -0.15) is 0 Å². The van der Waals surface area contributed by atoms with Gasteiger partial charge in [-0.25, -0.2) is 15.6 Å². The minimum atomic E-state index is -1.45. The fraction of sp³-hybridized carbons (Fsp3) is 0.143. The first kappa shape index (κ1) is 12.9. The van der Waals surface area contributed by atoms with Crippen LogP contribution in [0.15, 0.2) is 5.38 Å². The number of nitrogen functional groups attached to an aromatic ring is 1. The summed E-state index contributed by atoms with van der Waals surface area (Å²) in [4.78, 5) is 36.6. The molecule has 1 rings (SSSR count). The second-order valence-electron chi connectivity index (χ2n) is 2.83. The Hall–Kier alpha value is -2.20. The quantitative estimate of drug-likeness (QED) is 0.181. The third-order valence-corrected chi connectivity index (χ3v) is 2.39. The summed E-state index contributed by atoms with van der Waals surface area (Å²) in [5.41, 5.74) is 6.96. The van der Waals surface area contributed by atoms with Gasteiger partial charge in [0, 0.05) is 5.38 Å². The number of thiazole rings is 1. The van der Waals surface area contributed by atoms with Gasteiger partial charge in [-0.15, -0.1) is 11.3 Å². The number of carbonyl (C=O) groups excluding carboxylic acids is 2. The SMILES string of the molecule is NNC(=O)C(=O)NC(C(=O)O)c1csc(N)n1. The number of anilines is 1. The lowest BCUT2D eigenvalue weighted by molar-refractivity contribution is -0.145. The van der Waals surface area contributed by atoms with Crippen molar-refractivity contribution in [2.45, 2.75) is 6.04 Å². The van der Waals surface area contributed by atoms with Crippen molar-refractivity contribution in [3.63, 3.8) is 0 Å². The van der Waals surface area contributed by atoms with E-state index in [2.05, 4.69) is 4.98 Å². The van der Waals surface area contributed by atoms with Crippen molar-refractivity contribution in [3.05, 3.63) is 11.1 Å². The maximum atomic E-state index is 11.1. The van der Waals surface area contributed by atoms with Crippen LogP contribution in [0.25, 0.3) is 0 Å². The number of aliphatic carboxylic acids is 1. The van der Waals surface area contributed by atoms with Gasteiger partial charge < -0.3 is 16.2 Å². The van der Waals surface area contributed by atoms with E-state index in [-0.39, 0.29) is 10.8 Å². The van der Waals surface area contributed by atoms with Gasteiger partial charge in [-0.3, -0.25) is 15.0 Å². The molecule has 0 spiro atoms. The number of nitrogens with two attached hydrogens (primary N) is 2. The van der Waals surface area contributed by atoms with Crippen molar-refractivity contribution in [2.75, 3.05) is 5.73 Å². The third-order valence-electron chi connectivity index (χ3n) is 1.70. The highest BCUT2D eigenvalue weighted by molar-refractivity contribution is 7.13. The minimum absolute atomic E-state index is 0.0400. The molecule has 1 unspecified atom stereocenters. The van der Waals surface area contributed by atoms with Gasteiger partial charge in [0.2, 0.25) is 0 Å². The number of carboxylic acids is 1. The molecule has 0 aliphatic heterocycles. The fourth-order valence-electron chi connectivity index (χ4n) is 0.958. The maximum Gasteiger partial charge on any atom is 0.332 e. The van der Waals surface area contributed by atoms with Crippen molar-refractivity contribution in [3.8, 4) is 0 Å². The molecular formula is C7H9N5O4S. The molecule has 1 heterocycles. The van der Waals surface area contributed by atoms with E-state index < -0.39 is 23.8 Å². The van der Waals surface area contributed by atoms with Gasteiger partial charge in [0.25, 0.3) is 0 Å². The summed E-state index contributed by atoms with van der Waals surface area (Å²) in [5.74, 6) is 1.03. The van der Waals surface area contributed by atoms with Crippen LogP contribution >= 0.6 is 11.3 Å². The monoisotopic (exact) mass is 259 g/mol. The van der Waals surface area contributed by atoms with Crippen LogP contribution in [0, 0.1) is 0 Å². The molecule has 0 aliphatic rings. The summed E-state index contributed by atoms with van der Waals surface area (Å²) in [6.45, 7) is 0. The number of amides is 2. The van der Waals surface area contributed by atoms with E-state index >= 15 is 0 Å². The Morgan fingerprint density at radius 3 is 2.47 bits per heavy atom. The van der Waals surface area contributed by atoms with Crippen molar-refractivity contribution in [1.29, 1.82) is 0 Å². The van der Waals surface area contributed by atoms with Gasteiger partial charge in [-0.05, 0) is 0 Å². The molecule has 0 saturated heterocycles. The first-order valence-electron chi connectivity index (χ1n) is 4.21. The molecule has 1 atom stereocenters. The molecule has 92 valence electrons. The van der Waals surface area contributed by atoms with Crippen LogP contribution in [0.1, 0.15) is 11.7 Å². The molecule has 0 radical (unpaired) electrons. The van der Waals surface area contributed by atoms with E-state index in [1.807, 2.05) is 5.32 Å². The van der Waals surface area contributed by atoms with Crippen molar-refractivity contribution >= 4 is 34.3 Å². The average Bonchev–Trinajstić information content (AvgIpc) is 2.70. The Morgan fingerprint density at radius 1 is 1.41 bits per heavy atom. The summed E-state index contributed by atoms with van der Waals surface area (Å²) >= 11 is 1.02. The van der Waals surface area contributed by atoms with Crippen molar-refractivity contribution in [2.24, 2.45) is 5.84 Å². The van der Waals surface area contributed by atoms with Gasteiger partial charge in [0.15, 0.2) is 11.2 Å². The lowest BCUT2D eigenvalue weighted by Gasteiger charge is -2.11. The predicted octanol–water partition coefficient (Wildman–Crippen LogP) is -2.04.